The normalized spacial score (nSPS) is 27.4. The van der Waals surface area contributed by atoms with Crippen molar-refractivity contribution in [2.45, 2.75) is 60.1 Å². The van der Waals surface area contributed by atoms with Gasteiger partial charge in [-0.3, -0.25) is 0 Å². The van der Waals surface area contributed by atoms with Gasteiger partial charge in [0, 0.05) is 22.6 Å². The van der Waals surface area contributed by atoms with E-state index in [1.54, 1.807) is 6.07 Å². The lowest BCUT2D eigenvalue weighted by atomic mass is 10.1. The highest BCUT2D eigenvalue weighted by Gasteiger charge is 2.48. The van der Waals surface area contributed by atoms with Gasteiger partial charge in [0.1, 0.15) is 4.75 Å². The van der Waals surface area contributed by atoms with Crippen LogP contribution in [0, 0.1) is 11.3 Å². The topological polar surface area (TPSA) is 42.2 Å². The molecule has 8 heteroatoms. The number of nitrogens with zero attached hydrogens (tertiary/aromatic N) is 1. The van der Waals surface area contributed by atoms with Crippen LogP contribution in [0.15, 0.2) is 27.6 Å². The van der Waals surface area contributed by atoms with Crippen LogP contribution in [0.1, 0.15) is 37.7 Å². The maximum absolute atomic E-state index is 13.4. The molecule has 2 fully saturated rings. The smallest absolute Gasteiger partial charge is 0.381 e. The van der Waals surface area contributed by atoms with Crippen LogP contribution in [-0.2, 0) is 15.7 Å². The fourth-order valence-electron chi connectivity index (χ4n) is 3.44. The van der Waals surface area contributed by atoms with Crippen molar-refractivity contribution in [3.05, 3.63) is 28.2 Å². The summed E-state index contributed by atoms with van der Waals surface area (Å²) in [5.41, 5.74) is -0.719. The summed E-state index contributed by atoms with van der Waals surface area (Å²) in [6.45, 7) is 1.24. The van der Waals surface area contributed by atoms with E-state index in [-0.39, 0.29) is 17.1 Å². The lowest BCUT2D eigenvalue weighted by Crippen LogP contribution is -2.39. The van der Waals surface area contributed by atoms with Gasteiger partial charge in [0.05, 0.1) is 23.8 Å². The van der Waals surface area contributed by atoms with E-state index in [1.165, 1.54) is 6.07 Å². The first-order valence-electron chi connectivity index (χ1n) is 8.54. The van der Waals surface area contributed by atoms with Crippen molar-refractivity contribution in [3.63, 3.8) is 0 Å². The Morgan fingerprint density at radius 1 is 1.27 bits per heavy atom. The fourth-order valence-corrected chi connectivity index (χ4v) is 5.21. The Morgan fingerprint density at radius 2 is 2.00 bits per heavy atom. The van der Waals surface area contributed by atoms with Crippen LogP contribution < -0.4 is 0 Å². The Hall–Kier alpha value is -0.750. The van der Waals surface area contributed by atoms with Crippen LogP contribution in [0.5, 0.6) is 0 Å². The lowest BCUT2D eigenvalue weighted by molar-refractivity contribution is -0.139. The number of ether oxygens (including phenoxy) is 2. The van der Waals surface area contributed by atoms with Gasteiger partial charge in [-0.25, -0.2) is 0 Å². The molecular formula is C18H19BrF3NO2S. The molecule has 2 aliphatic rings. The molecule has 1 aliphatic carbocycles. The molecule has 1 saturated carbocycles. The molecule has 0 aromatic heterocycles. The molecule has 3 rings (SSSR count). The first-order valence-corrected chi connectivity index (χ1v) is 10.2. The van der Waals surface area contributed by atoms with Gasteiger partial charge in [0.25, 0.3) is 0 Å². The van der Waals surface area contributed by atoms with Crippen LogP contribution in [0.25, 0.3) is 0 Å². The predicted molar refractivity (Wildman–Crippen MR) is 95.9 cm³/mol. The SMILES string of the molecule is N#CC1(Sc2ccc(Br)cc2C(F)(F)F)CCCC1OC1CCOCC1. The van der Waals surface area contributed by atoms with Crippen LogP contribution >= 0.6 is 27.7 Å². The lowest BCUT2D eigenvalue weighted by Gasteiger charge is -2.33. The number of hydrogen-bond acceptors (Lipinski definition) is 4. The van der Waals surface area contributed by atoms with Gasteiger partial charge in [-0.15, -0.1) is 11.8 Å². The van der Waals surface area contributed by atoms with E-state index in [0.717, 1.165) is 37.1 Å². The molecule has 26 heavy (non-hydrogen) atoms. The molecule has 1 aromatic rings. The zero-order valence-corrected chi connectivity index (χ0v) is 16.4. The molecule has 0 N–H and O–H groups in total. The predicted octanol–water partition coefficient (Wildman–Crippen LogP) is 5.57. The maximum Gasteiger partial charge on any atom is 0.417 e. The van der Waals surface area contributed by atoms with Gasteiger partial charge in [0.2, 0.25) is 0 Å². The quantitative estimate of drug-likeness (QED) is 0.602. The average Bonchev–Trinajstić information content (AvgIpc) is 2.99. The number of halogens is 4. The van der Waals surface area contributed by atoms with Crippen LogP contribution in [0.2, 0.25) is 0 Å². The van der Waals surface area contributed by atoms with Crippen molar-refractivity contribution in [1.29, 1.82) is 5.26 Å². The van der Waals surface area contributed by atoms with Crippen LogP contribution in [0.4, 0.5) is 13.2 Å². The van der Waals surface area contributed by atoms with E-state index in [2.05, 4.69) is 22.0 Å². The minimum Gasteiger partial charge on any atom is -0.381 e. The molecule has 142 valence electrons. The first-order chi connectivity index (χ1) is 12.3. The molecular weight excluding hydrogens is 431 g/mol. The second kappa shape index (κ2) is 8.09. The van der Waals surface area contributed by atoms with Crippen LogP contribution in [-0.4, -0.2) is 30.2 Å². The molecule has 0 amide bonds. The van der Waals surface area contributed by atoms with Crippen molar-refractivity contribution < 1.29 is 22.6 Å². The number of benzene rings is 1. The van der Waals surface area contributed by atoms with E-state index < -0.39 is 16.5 Å². The largest absolute Gasteiger partial charge is 0.417 e. The molecule has 1 aliphatic heterocycles. The van der Waals surface area contributed by atoms with Crippen molar-refractivity contribution in [2.24, 2.45) is 0 Å². The summed E-state index contributed by atoms with van der Waals surface area (Å²) < 4.78 is 51.2. The molecule has 0 spiro atoms. The molecule has 0 bridgehead atoms. The van der Waals surface area contributed by atoms with Gasteiger partial charge < -0.3 is 9.47 Å². The summed E-state index contributed by atoms with van der Waals surface area (Å²) in [5, 5.41) is 9.86. The van der Waals surface area contributed by atoms with Crippen molar-refractivity contribution in [3.8, 4) is 6.07 Å². The van der Waals surface area contributed by atoms with E-state index >= 15 is 0 Å². The van der Waals surface area contributed by atoms with Gasteiger partial charge in [-0.1, -0.05) is 15.9 Å². The summed E-state index contributed by atoms with van der Waals surface area (Å²) in [6, 6.07) is 6.36. The summed E-state index contributed by atoms with van der Waals surface area (Å²) in [6.07, 6.45) is -1.34. The number of hydrogen-bond donors (Lipinski definition) is 0. The molecule has 2 atom stereocenters. The van der Waals surface area contributed by atoms with Gasteiger partial charge in [0.15, 0.2) is 0 Å². The Balaban J connectivity index is 1.85. The highest BCUT2D eigenvalue weighted by Crippen LogP contribution is 2.50. The minimum absolute atomic E-state index is 0.00665. The summed E-state index contributed by atoms with van der Waals surface area (Å²) in [4.78, 5) is 0.0738. The highest BCUT2D eigenvalue weighted by atomic mass is 79.9. The number of rotatable bonds is 4. The fraction of sp³-hybridized carbons (Fsp3) is 0.611. The molecule has 1 aromatic carbocycles. The Labute approximate surface area is 163 Å². The zero-order valence-electron chi connectivity index (χ0n) is 14.0. The summed E-state index contributed by atoms with van der Waals surface area (Å²) in [7, 11) is 0. The van der Waals surface area contributed by atoms with E-state index in [9.17, 15) is 18.4 Å². The maximum atomic E-state index is 13.4. The summed E-state index contributed by atoms with van der Waals surface area (Å²) >= 11 is 4.10. The minimum atomic E-state index is -4.47. The van der Waals surface area contributed by atoms with E-state index in [0.29, 0.717) is 30.5 Å². The first kappa shape index (κ1) is 20.0. The van der Waals surface area contributed by atoms with Crippen molar-refractivity contribution >= 4 is 27.7 Å². The van der Waals surface area contributed by atoms with Crippen molar-refractivity contribution in [2.75, 3.05) is 13.2 Å². The zero-order chi connectivity index (χ0) is 18.8. The third-order valence-electron chi connectivity index (χ3n) is 4.79. The number of thioether (sulfide) groups is 1. The Kier molecular flexibility index (Phi) is 6.22. The highest BCUT2D eigenvalue weighted by molar-refractivity contribution is 9.10. The molecule has 3 nitrogen and oxygen atoms in total. The summed E-state index contributed by atoms with van der Waals surface area (Å²) in [5.74, 6) is 0. The second-order valence-electron chi connectivity index (χ2n) is 6.57. The van der Waals surface area contributed by atoms with Gasteiger partial charge in [-0.05, 0) is 50.3 Å². The molecule has 1 saturated heterocycles. The van der Waals surface area contributed by atoms with E-state index in [1.807, 2.05) is 0 Å². The molecule has 1 heterocycles. The van der Waals surface area contributed by atoms with E-state index in [4.69, 9.17) is 9.47 Å². The number of nitriles is 1. The third kappa shape index (κ3) is 4.38. The Bertz CT molecular complexity index is 688. The standard InChI is InChI=1S/C18H19BrF3NO2S/c19-12-3-4-15(14(10-12)18(20,21)22)26-17(11-23)7-1-2-16(17)25-13-5-8-24-9-6-13/h3-4,10,13,16H,1-2,5-9H2. The van der Waals surface area contributed by atoms with Crippen LogP contribution in [0.3, 0.4) is 0 Å². The van der Waals surface area contributed by atoms with Crippen molar-refractivity contribution in [1.82, 2.24) is 0 Å². The Morgan fingerprint density at radius 3 is 2.65 bits per heavy atom. The molecule has 0 radical (unpaired) electrons. The second-order valence-corrected chi connectivity index (χ2v) is 8.86. The molecule has 2 unspecified atom stereocenters. The average molecular weight is 450 g/mol. The van der Waals surface area contributed by atoms with Gasteiger partial charge in [-0.2, -0.15) is 18.4 Å². The van der Waals surface area contributed by atoms with Gasteiger partial charge >= 0.3 is 6.18 Å². The number of alkyl halides is 3. The third-order valence-corrected chi connectivity index (χ3v) is 6.78. The monoisotopic (exact) mass is 449 g/mol.